The van der Waals surface area contributed by atoms with Gasteiger partial charge < -0.3 is 5.32 Å². The van der Waals surface area contributed by atoms with Crippen molar-refractivity contribution in [1.82, 2.24) is 21.3 Å². The standard InChI is InChI=1S/C16H29BrN4/c17-10-4-3-5-11(8-10)20-16-15-14(18-9-19-16)12-6-1-2-7-13(12)21-15/h10-16,18-21H,1-9H2. The normalized spacial score (nSPS) is 50.4. The minimum Gasteiger partial charge on any atom is -0.307 e. The molecule has 4 aliphatic rings. The molecule has 5 heteroatoms. The molecule has 0 bridgehead atoms. The molecule has 0 amide bonds. The van der Waals surface area contributed by atoms with E-state index in [2.05, 4.69) is 37.2 Å². The lowest BCUT2D eigenvalue weighted by molar-refractivity contribution is 0.193. The van der Waals surface area contributed by atoms with Gasteiger partial charge in [-0.2, -0.15) is 0 Å². The van der Waals surface area contributed by atoms with Gasteiger partial charge in [-0.05, 0) is 38.0 Å². The van der Waals surface area contributed by atoms with E-state index >= 15 is 0 Å². The average molecular weight is 357 g/mol. The zero-order valence-electron chi connectivity index (χ0n) is 12.8. The van der Waals surface area contributed by atoms with Crippen LogP contribution in [-0.4, -0.2) is 41.8 Å². The van der Waals surface area contributed by atoms with E-state index in [0.29, 0.717) is 29.1 Å². The van der Waals surface area contributed by atoms with Gasteiger partial charge in [0.05, 0.1) is 12.2 Å². The predicted molar refractivity (Wildman–Crippen MR) is 89.5 cm³/mol. The van der Waals surface area contributed by atoms with E-state index in [1.165, 1.54) is 51.4 Å². The van der Waals surface area contributed by atoms with Crippen molar-refractivity contribution in [2.24, 2.45) is 5.92 Å². The van der Waals surface area contributed by atoms with Gasteiger partial charge in [0.15, 0.2) is 0 Å². The number of hydrogen-bond donors (Lipinski definition) is 4. The van der Waals surface area contributed by atoms with E-state index in [9.17, 15) is 0 Å². The minimum absolute atomic E-state index is 0.435. The van der Waals surface area contributed by atoms with Crippen molar-refractivity contribution in [3.8, 4) is 0 Å². The summed E-state index contributed by atoms with van der Waals surface area (Å²) >= 11 is 3.81. The van der Waals surface area contributed by atoms with Crippen LogP contribution in [0, 0.1) is 5.92 Å². The van der Waals surface area contributed by atoms with Gasteiger partial charge in [0.2, 0.25) is 0 Å². The highest BCUT2D eigenvalue weighted by molar-refractivity contribution is 9.09. The van der Waals surface area contributed by atoms with Crippen molar-refractivity contribution in [2.45, 2.75) is 86.5 Å². The summed E-state index contributed by atoms with van der Waals surface area (Å²) in [4.78, 5) is 0.709. The summed E-state index contributed by atoms with van der Waals surface area (Å²) in [6, 6.07) is 2.64. The molecular weight excluding hydrogens is 328 g/mol. The molecule has 2 aliphatic carbocycles. The fourth-order valence-electron chi connectivity index (χ4n) is 5.11. The number of halogens is 1. The van der Waals surface area contributed by atoms with Crippen LogP contribution in [0.4, 0.5) is 0 Å². The van der Waals surface area contributed by atoms with Crippen LogP contribution in [0.15, 0.2) is 0 Å². The van der Waals surface area contributed by atoms with E-state index in [1.54, 1.807) is 0 Å². The van der Waals surface area contributed by atoms with Gasteiger partial charge in [-0.1, -0.05) is 35.2 Å². The molecule has 4 N–H and O–H groups in total. The topological polar surface area (TPSA) is 48.1 Å². The molecule has 0 spiro atoms. The molecular formula is C16H29BrN4. The molecule has 4 fully saturated rings. The summed E-state index contributed by atoms with van der Waals surface area (Å²) in [7, 11) is 0. The number of hydrogen-bond acceptors (Lipinski definition) is 4. The first-order chi connectivity index (χ1) is 10.3. The van der Waals surface area contributed by atoms with E-state index in [-0.39, 0.29) is 0 Å². The molecule has 7 unspecified atom stereocenters. The first kappa shape index (κ1) is 14.9. The Balaban J connectivity index is 1.41. The molecule has 21 heavy (non-hydrogen) atoms. The SMILES string of the molecule is BrC1CCCC(NC2NCNC3C4CCCCC4NC23)C1. The quantitative estimate of drug-likeness (QED) is 0.568. The van der Waals surface area contributed by atoms with Crippen LogP contribution >= 0.6 is 15.9 Å². The Morgan fingerprint density at radius 2 is 1.81 bits per heavy atom. The number of fused-ring (bicyclic) bond motifs is 3. The second-order valence-electron chi connectivity index (χ2n) is 7.46. The van der Waals surface area contributed by atoms with Crippen LogP contribution in [-0.2, 0) is 0 Å². The maximum Gasteiger partial charge on any atom is 0.0757 e. The van der Waals surface area contributed by atoms with Crippen molar-refractivity contribution < 1.29 is 0 Å². The van der Waals surface area contributed by atoms with E-state index < -0.39 is 0 Å². The Labute approximate surface area is 136 Å². The van der Waals surface area contributed by atoms with Gasteiger partial charge in [-0.15, -0.1) is 0 Å². The van der Waals surface area contributed by atoms with Crippen LogP contribution in [0.25, 0.3) is 0 Å². The smallest absolute Gasteiger partial charge is 0.0757 e. The van der Waals surface area contributed by atoms with Crippen LogP contribution in [0.1, 0.15) is 51.4 Å². The zero-order chi connectivity index (χ0) is 14.2. The second-order valence-corrected chi connectivity index (χ2v) is 8.76. The van der Waals surface area contributed by atoms with Crippen LogP contribution < -0.4 is 21.3 Å². The summed E-state index contributed by atoms with van der Waals surface area (Å²) in [5.41, 5.74) is 0. The molecule has 0 aromatic heterocycles. The maximum absolute atomic E-state index is 3.95. The highest BCUT2D eigenvalue weighted by Crippen LogP contribution is 2.35. The Morgan fingerprint density at radius 3 is 2.71 bits per heavy atom. The largest absolute Gasteiger partial charge is 0.307 e. The van der Waals surface area contributed by atoms with Crippen LogP contribution in [0.2, 0.25) is 0 Å². The lowest BCUT2D eigenvalue weighted by Gasteiger charge is -2.40. The fourth-order valence-corrected chi connectivity index (χ4v) is 5.88. The molecule has 0 aromatic carbocycles. The third-order valence-corrected chi connectivity index (χ3v) is 6.95. The van der Waals surface area contributed by atoms with Gasteiger partial charge in [0.1, 0.15) is 0 Å². The molecule has 4 nitrogen and oxygen atoms in total. The zero-order valence-corrected chi connectivity index (χ0v) is 14.4. The van der Waals surface area contributed by atoms with Crippen LogP contribution in [0.3, 0.4) is 0 Å². The molecule has 2 heterocycles. The Hall–Kier alpha value is 0.320. The molecule has 4 rings (SSSR count). The second kappa shape index (κ2) is 6.44. The Morgan fingerprint density at radius 1 is 0.905 bits per heavy atom. The van der Waals surface area contributed by atoms with E-state index in [0.717, 1.165) is 18.6 Å². The van der Waals surface area contributed by atoms with Gasteiger partial charge in [-0.3, -0.25) is 16.0 Å². The molecule has 2 saturated carbocycles. The summed E-state index contributed by atoms with van der Waals surface area (Å²) in [5.74, 6) is 0.852. The summed E-state index contributed by atoms with van der Waals surface area (Å²) in [6.07, 6.45) is 11.3. The molecule has 120 valence electrons. The van der Waals surface area contributed by atoms with Gasteiger partial charge >= 0.3 is 0 Å². The summed E-state index contributed by atoms with van der Waals surface area (Å²) in [5, 5.41) is 15.3. The predicted octanol–water partition coefficient (Wildman–Crippen LogP) is 1.66. The number of rotatable bonds is 2. The highest BCUT2D eigenvalue weighted by atomic mass is 79.9. The van der Waals surface area contributed by atoms with Gasteiger partial charge in [0.25, 0.3) is 0 Å². The summed E-state index contributed by atoms with van der Waals surface area (Å²) in [6.45, 7) is 0.953. The minimum atomic E-state index is 0.435. The fraction of sp³-hybridized carbons (Fsp3) is 1.00. The van der Waals surface area contributed by atoms with Crippen molar-refractivity contribution >= 4 is 15.9 Å². The average Bonchev–Trinajstić information content (AvgIpc) is 2.87. The van der Waals surface area contributed by atoms with E-state index in [1.807, 2.05) is 0 Å². The van der Waals surface area contributed by atoms with Gasteiger partial charge in [0, 0.05) is 29.6 Å². The molecule has 2 saturated heterocycles. The lowest BCUT2D eigenvalue weighted by Crippen LogP contribution is -2.68. The first-order valence-electron chi connectivity index (χ1n) is 8.94. The van der Waals surface area contributed by atoms with Crippen molar-refractivity contribution in [2.75, 3.05) is 6.67 Å². The third-order valence-electron chi connectivity index (χ3n) is 6.12. The third kappa shape index (κ3) is 3.05. The van der Waals surface area contributed by atoms with E-state index in [4.69, 9.17) is 0 Å². The monoisotopic (exact) mass is 356 g/mol. The number of alkyl halides is 1. The van der Waals surface area contributed by atoms with Crippen LogP contribution in [0.5, 0.6) is 0 Å². The molecule has 0 radical (unpaired) electrons. The number of nitrogens with one attached hydrogen (secondary N) is 4. The molecule has 0 aromatic rings. The van der Waals surface area contributed by atoms with Crippen molar-refractivity contribution in [3.05, 3.63) is 0 Å². The maximum atomic E-state index is 3.95. The Bertz CT molecular complexity index is 366. The summed E-state index contributed by atoms with van der Waals surface area (Å²) < 4.78 is 0. The first-order valence-corrected chi connectivity index (χ1v) is 9.86. The van der Waals surface area contributed by atoms with Gasteiger partial charge in [-0.25, -0.2) is 0 Å². The van der Waals surface area contributed by atoms with Crippen molar-refractivity contribution in [3.63, 3.8) is 0 Å². The molecule has 2 aliphatic heterocycles. The Kier molecular flexibility index (Phi) is 4.56. The van der Waals surface area contributed by atoms with Crippen molar-refractivity contribution in [1.29, 1.82) is 0 Å². The highest BCUT2D eigenvalue weighted by Gasteiger charge is 2.48. The lowest BCUT2D eigenvalue weighted by atomic mass is 9.81. The molecule has 7 atom stereocenters.